The molecule has 6 heteroatoms. The zero-order valence-electron chi connectivity index (χ0n) is 19.4. The lowest BCUT2D eigenvalue weighted by molar-refractivity contribution is -0.254. The van der Waals surface area contributed by atoms with Gasteiger partial charge in [-0.2, -0.15) is 0 Å². The second-order valence-electron chi connectivity index (χ2n) is 11.5. The molecule has 4 aliphatic carbocycles. The van der Waals surface area contributed by atoms with E-state index in [1.165, 1.54) is 13.0 Å². The normalized spacial score (nSPS) is 47.8. The first kappa shape index (κ1) is 22.1. The third-order valence-electron chi connectivity index (χ3n) is 10.4. The number of aliphatic hydroxyl groups is 2. The summed E-state index contributed by atoms with van der Waals surface area (Å²) in [5.74, 6) is 0.251. The number of rotatable bonds is 2. The minimum Gasteiger partial charge on any atom is -0.462 e. The zero-order valence-corrected chi connectivity index (χ0v) is 19.4. The fourth-order valence-corrected chi connectivity index (χ4v) is 8.62. The summed E-state index contributed by atoms with van der Waals surface area (Å²) in [5, 5.41) is 24.1. The predicted octanol–water partition coefficient (Wildman–Crippen LogP) is 3.93. The highest BCUT2D eigenvalue weighted by Gasteiger charge is 2.70. The highest BCUT2D eigenvalue weighted by atomic mass is 16.5. The van der Waals surface area contributed by atoms with Gasteiger partial charge in [-0.3, -0.25) is 4.79 Å². The molecular weight excluding hydrogens is 408 g/mol. The standard InChI is InChI=1S/C26H36O6/c1-16(27)32-18-6-10-23(2)20-7-11-24(3)19(17-4-5-22(28)31-15-17)9-13-26(24,30)21(20)8-12-25(23,29)14-18/h4-5,15,18-21,29-30H,6-14H2,1-3H3/t18-,19+,20?,21?,23+,24+,25-,26-/m0/s1. The molecule has 1 heterocycles. The first-order valence-electron chi connectivity index (χ1n) is 12.2. The first-order valence-corrected chi connectivity index (χ1v) is 12.2. The summed E-state index contributed by atoms with van der Waals surface area (Å²) in [5.41, 5.74) is -1.58. The maximum absolute atomic E-state index is 12.3. The van der Waals surface area contributed by atoms with E-state index in [-0.39, 0.29) is 46.3 Å². The summed E-state index contributed by atoms with van der Waals surface area (Å²) in [4.78, 5) is 23.0. The summed E-state index contributed by atoms with van der Waals surface area (Å²) in [6, 6.07) is 3.34. The molecule has 0 aromatic carbocycles. The van der Waals surface area contributed by atoms with Crippen LogP contribution in [0.2, 0.25) is 0 Å². The van der Waals surface area contributed by atoms with E-state index >= 15 is 0 Å². The van der Waals surface area contributed by atoms with Crippen LogP contribution in [-0.2, 0) is 9.53 Å². The highest BCUT2D eigenvalue weighted by molar-refractivity contribution is 5.66. The van der Waals surface area contributed by atoms with E-state index in [0.717, 1.165) is 50.5 Å². The number of hydrogen-bond donors (Lipinski definition) is 2. The van der Waals surface area contributed by atoms with E-state index in [9.17, 15) is 19.8 Å². The van der Waals surface area contributed by atoms with Crippen molar-refractivity contribution in [3.63, 3.8) is 0 Å². The molecule has 6 nitrogen and oxygen atoms in total. The Morgan fingerprint density at radius 2 is 1.72 bits per heavy atom. The van der Waals surface area contributed by atoms with Crippen molar-refractivity contribution in [2.75, 3.05) is 0 Å². The smallest absolute Gasteiger partial charge is 0.335 e. The third kappa shape index (κ3) is 2.91. The van der Waals surface area contributed by atoms with E-state index < -0.39 is 11.2 Å². The first-order chi connectivity index (χ1) is 15.0. The molecule has 1 aromatic rings. The minimum atomic E-state index is -0.864. The van der Waals surface area contributed by atoms with Gasteiger partial charge in [0.15, 0.2) is 0 Å². The molecule has 0 saturated heterocycles. The summed E-state index contributed by atoms with van der Waals surface area (Å²) < 4.78 is 10.6. The van der Waals surface area contributed by atoms with Crippen molar-refractivity contribution < 1.29 is 24.2 Å². The Bertz CT molecular complexity index is 951. The molecule has 1 aromatic heterocycles. The zero-order chi connectivity index (χ0) is 22.9. The van der Waals surface area contributed by atoms with Crippen molar-refractivity contribution in [3.05, 3.63) is 34.4 Å². The molecule has 4 saturated carbocycles. The van der Waals surface area contributed by atoms with Gasteiger partial charge in [-0.15, -0.1) is 0 Å². The summed E-state index contributed by atoms with van der Waals surface area (Å²) in [6.07, 6.45) is 8.30. The fourth-order valence-electron chi connectivity index (χ4n) is 8.62. The van der Waals surface area contributed by atoms with Crippen LogP contribution in [0, 0.1) is 22.7 Å². The van der Waals surface area contributed by atoms with Gasteiger partial charge in [0.2, 0.25) is 0 Å². The lowest BCUT2D eigenvalue weighted by Crippen LogP contribution is -2.67. The average Bonchev–Trinajstić information content (AvgIpc) is 3.00. The molecule has 32 heavy (non-hydrogen) atoms. The van der Waals surface area contributed by atoms with E-state index in [4.69, 9.17) is 9.15 Å². The van der Waals surface area contributed by atoms with Gasteiger partial charge in [0, 0.05) is 24.8 Å². The van der Waals surface area contributed by atoms with Gasteiger partial charge in [0.25, 0.3) is 0 Å². The number of esters is 1. The van der Waals surface area contributed by atoms with Crippen molar-refractivity contribution in [2.45, 2.75) is 102 Å². The monoisotopic (exact) mass is 444 g/mol. The van der Waals surface area contributed by atoms with Crippen LogP contribution in [0.15, 0.2) is 27.6 Å². The third-order valence-corrected chi connectivity index (χ3v) is 10.4. The van der Waals surface area contributed by atoms with Crippen molar-refractivity contribution >= 4 is 5.97 Å². The van der Waals surface area contributed by atoms with Crippen molar-refractivity contribution in [1.82, 2.24) is 0 Å². The van der Waals surface area contributed by atoms with E-state index in [0.29, 0.717) is 12.8 Å². The minimum absolute atomic E-state index is 0.137. The Labute approximate surface area is 189 Å². The van der Waals surface area contributed by atoms with Crippen molar-refractivity contribution in [2.24, 2.45) is 22.7 Å². The van der Waals surface area contributed by atoms with Crippen LogP contribution in [0.4, 0.5) is 0 Å². The van der Waals surface area contributed by atoms with Gasteiger partial charge in [-0.05, 0) is 86.2 Å². The van der Waals surface area contributed by atoms with Crippen LogP contribution in [0.5, 0.6) is 0 Å². The van der Waals surface area contributed by atoms with Crippen LogP contribution in [0.25, 0.3) is 0 Å². The Hall–Kier alpha value is -1.66. The van der Waals surface area contributed by atoms with Gasteiger partial charge < -0.3 is 19.4 Å². The van der Waals surface area contributed by atoms with Crippen LogP contribution in [0.1, 0.15) is 90.0 Å². The van der Waals surface area contributed by atoms with E-state index in [1.54, 1.807) is 6.26 Å². The number of hydrogen-bond acceptors (Lipinski definition) is 6. The molecule has 0 radical (unpaired) electrons. The van der Waals surface area contributed by atoms with Crippen molar-refractivity contribution in [3.8, 4) is 0 Å². The summed E-state index contributed by atoms with van der Waals surface area (Å²) in [7, 11) is 0. The van der Waals surface area contributed by atoms with Crippen molar-refractivity contribution in [1.29, 1.82) is 0 Å². The second-order valence-corrected chi connectivity index (χ2v) is 11.5. The molecule has 5 rings (SSSR count). The molecule has 176 valence electrons. The van der Waals surface area contributed by atoms with Crippen LogP contribution < -0.4 is 5.63 Å². The van der Waals surface area contributed by atoms with Crippen LogP contribution in [0.3, 0.4) is 0 Å². The maximum atomic E-state index is 12.3. The number of carbonyl (C=O) groups excluding carboxylic acids is 1. The predicted molar refractivity (Wildman–Crippen MR) is 118 cm³/mol. The summed E-state index contributed by atoms with van der Waals surface area (Å²) in [6.45, 7) is 5.85. The molecule has 0 amide bonds. The molecule has 2 unspecified atom stereocenters. The van der Waals surface area contributed by atoms with Crippen LogP contribution in [-0.4, -0.2) is 33.5 Å². The molecule has 4 fully saturated rings. The molecule has 4 aliphatic rings. The summed E-state index contributed by atoms with van der Waals surface area (Å²) >= 11 is 0. The SMILES string of the molecule is CC(=O)O[C@H]1CC[C@]2(C)C3CC[C@]4(C)[C@@H](c5ccc(=O)oc5)CC[C@]4(O)C3CC[C@]2(O)C1. The van der Waals surface area contributed by atoms with E-state index in [1.807, 2.05) is 6.07 Å². The Morgan fingerprint density at radius 1 is 1.00 bits per heavy atom. The number of ether oxygens (including phenoxy) is 1. The highest BCUT2D eigenvalue weighted by Crippen LogP contribution is 2.71. The molecule has 8 atom stereocenters. The van der Waals surface area contributed by atoms with Gasteiger partial charge in [-0.1, -0.05) is 13.8 Å². The van der Waals surface area contributed by atoms with E-state index in [2.05, 4.69) is 13.8 Å². The van der Waals surface area contributed by atoms with Gasteiger partial charge in [0.05, 0.1) is 17.5 Å². The van der Waals surface area contributed by atoms with Gasteiger partial charge >= 0.3 is 11.6 Å². The lowest BCUT2D eigenvalue weighted by Gasteiger charge is -2.66. The fraction of sp³-hybridized carbons (Fsp3) is 0.769. The Morgan fingerprint density at radius 3 is 2.41 bits per heavy atom. The Kier molecular flexibility index (Phi) is 4.96. The van der Waals surface area contributed by atoms with Crippen LogP contribution >= 0.6 is 0 Å². The molecule has 0 aliphatic heterocycles. The van der Waals surface area contributed by atoms with Gasteiger partial charge in [0.1, 0.15) is 6.10 Å². The molecular formula is C26H36O6. The second kappa shape index (κ2) is 7.17. The lowest BCUT2D eigenvalue weighted by atomic mass is 9.42. The number of fused-ring (bicyclic) bond motifs is 5. The number of carbonyl (C=O) groups is 1. The van der Waals surface area contributed by atoms with Gasteiger partial charge in [-0.25, -0.2) is 4.79 Å². The Balaban J connectivity index is 1.44. The molecule has 0 bridgehead atoms. The quantitative estimate of drug-likeness (QED) is 0.671. The maximum Gasteiger partial charge on any atom is 0.335 e. The average molecular weight is 445 g/mol. The topological polar surface area (TPSA) is 97.0 Å². The largest absolute Gasteiger partial charge is 0.462 e. The molecule has 2 N–H and O–H groups in total. The molecule has 0 spiro atoms.